The SMILES string of the molecule is NC1=Nc2ccc(NCc3ncc[nH]3)cc2C(c2cccc(C3CC3)c2)O1. The molecule has 6 nitrogen and oxygen atoms in total. The van der Waals surface area contributed by atoms with E-state index in [0.29, 0.717) is 12.5 Å². The van der Waals surface area contributed by atoms with Gasteiger partial charge in [-0.15, -0.1) is 0 Å². The topological polar surface area (TPSA) is 88.3 Å². The van der Waals surface area contributed by atoms with Crippen molar-refractivity contribution >= 4 is 17.4 Å². The normalized spacial score (nSPS) is 18.4. The van der Waals surface area contributed by atoms with Crippen LogP contribution in [-0.2, 0) is 11.3 Å². The monoisotopic (exact) mass is 359 g/mol. The van der Waals surface area contributed by atoms with Crippen molar-refractivity contribution < 1.29 is 4.74 Å². The summed E-state index contributed by atoms with van der Waals surface area (Å²) in [6.45, 7) is 0.625. The van der Waals surface area contributed by atoms with Gasteiger partial charge in [-0.1, -0.05) is 24.3 Å². The molecule has 6 heteroatoms. The van der Waals surface area contributed by atoms with Crippen molar-refractivity contribution in [2.45, 2.75) is 31.4 Å². The molecule has 1 fully saturated rings. The van der Waals surface area contributed by atoms with Gasteiger partial charge in [0.15, 0.2) is 6.10 Å². The number of aromatic nitrogens is 2. The minimum Gasteiger partial charge on any atom is -0.452 e. The van der Waals surface area contributed by atoms with E-state index in [1.807, 2.05) is 18.3 Å². The number of anilines is 1. The molecule has 1 aliphatic carbocycles. The summed E-state index contributed by atoms with van der Waals surface area (Å²) in [5.41, 5.74) is 11.3. The number of nitrogens with zero attached hydrogens (tertiary/aromatic N) is 2. The van der Waals surface area contributed by atoms with Crippen LogP contribution in [0.15, 0.2) is 59.9 Å². The molecule has 3 aromatic rings. The zero-order valence-corrected chi connectivity index (χ0v) is 14.9. The number of amidine groups is 1. The zero-order chi connectivity index (χ0) is 18.2. The number of aromatic amines is 1. The van der Waals surface area contributed by atoms with Crippen LogP contribution in [0.3, 0.4) is 0 Å². The Morgan fingerprint density at radius 1 is 1.15 bits per heavy atom. The van der Waals surface area contributed by atoms with Crippen LogP contribution in [-0.4, -0.2) is 16.0 Å². The maximum absolute atomic E-state index is 5.95. The fourth-order valence-electron chi connectivity index (χ4n) is 3.53. The smallest absolute Gasteiger partial charge is 0.288 e. The van der Waals surface area contributed by atoms with Gasteiger partial charge in [0.2, 0.25) is 0 Å². The number of benzene rings is 2. The van der Waals surface area contributed by atoms with E-state index in [2.05, 4.69) is 50.6 Å². The predicted octanol–water partition coefficient (Wildman–Crippen LogP) is 3.97. The third kappa shape index (κ3) is 3.26. The molecule has 0 spiro atoms. The maximum atomic E-state index is 5.95. The molecule has 1 atom stereocenters. The summed E-state index contributed by atoms with van der Waals surface area (Å²) >= 11 is 0. The van der Waals surface area contributed by atoms with Crippen LogP contribution in [0.5, 0.6) is 0 Å². The first kappa shape index (κ1) is 15.9. The van der Waals surface area contributed by atoms with E-state index in [4.69, 9.17) is 10.5 Å². The van der Waals surface area contributed by atoms with Crippen molar-refractivity contribution in [1.82, 2.24) is 9.97 Å². The second kappa shape index (κ2) is 6.46. The molecule has 0 saturated heterocycles. The molecule has 4 N–H and O–H groups in total. The lowest BCUT2D eigenvalue weighted by Crippen LogP contribution is -2.23. The number of rotatable bonds is 5. The van der Waals surface area contributed by atoms with Crippen LogP contribution in [0.4, 0.5) is 11.4 Å². The molecular formula is C21H21N5O. The van der Waals surface area contributed by atoms with Gasteiger partial charge in [-0.2, -0.15) is 4.99 Å². The number of fused-ring (bicyclic) bond motifs is 1. The van der Waals surface area contributed by atoms with Crippen LogP contribution < -0.4 is 11.1 Å². The van der Waals surface area contributed by atoms with Crippen molar-refractivity contribution in [3.05, 3.63) is 77.4 Å². The summed E-state index contributed by atoms with van der Waals surface area (Å²) in [7, 11) is 0. The van der Waals surface area contributed by atoms with Gasteiger partial charge in [0, 0.05) is 23.6 Å². The number of aliphatic imine (C=N–C) groups is 1. The fraction of sp³-hybridized carbons (Fsp3) is 0.238. The maximum Gasteiger partial charge on any atom is 0.288 e. The Morgan fingerprint density at radius 3 is 2.85 bits per heavy atom. The molecule has 1 unspecified atom stereocenters. The van der Waals surface area contributed by atoms with Crippen molar-refractivity contribution in [3.8, 4) is 0 Å². The Hall–Kier alpha value is -3.28. The van der Waals surface area contributed by atoms with Crippen LogP contribution in [0.1, 0.15) is 47.4 Å². The fourth-order valence-corrected chi connectivity index (χ4v) is 3.53. The highest BCUT2D eigenvalue weighted by Crippen LogP contribution is 2.43. The van der Waals surface area contributed by atoms with E-state index in [1.54, 1.807) is 6.20 Å². The molecule has 27 heavy (non-hydrogen) atoms. The van der Waals surface area contributed by atoms with Crippen LogP contribution in [0.25, 0.3) is 0 Å². The van der Waals surface area contributed by atoms with Gasteiger partial charge in [0.1, 0.15) is 5.82 Å². The van der Waals surface area contributed by atoms with E-state index >= 15 is 0 Å². The third-order valence-electron chi connectivity index (χ3n) is 5.06. The Kier molecular flexibility index (Phi) is 3.81. The molecule has 0 bridgehead atoms. The largest absolute Gasteiger partial charge is 0.452 e. The molecule has 2 heterocycles. The van der Waals surface area contributed by atoms with E-state index in [9.17, 15) is 0 Å². The van der Waals surface area contributed by atoms with Crippen LogP contribution in [0, 0.1) is 0 Å². The minimum atomic E-state index is -0.249. The minimum absolute atomic E-state index is 0.209. The Bertz CT molecular complexity index is 992. The van der Waals surface area contributed by atoms with Crippen molar-refractivity contribution in [3.63, 3.8) is 0 Å². The molecule has 5 rings (SSSR count). The van der Waals surface area contributed by atoms with Gasteiger partial charge < -0.3 is 20.8 Å². The van der Waals surface area contributed by atoms with E-state index < -0.39 is 0 Å². The van der Waals surface area contributed by atoms with Crippen molar-refractivity contribution in [2.24, 2.45) is 10.7 Å². The molecule has 136 valence electrons. The number of H-pyrrole nitrogens is 1. The third-order valence-corrected chi connectivity index (χ3v) is 5.06. The molecule has 1 saturated carbocycles. The van der Waals surface area contributed by atoms with Gasteiger partial charge in [-0.05, 0) is 48.1 Å². The van der Waals surface area contributed by atoms with Gasteiger partial charge in [-0.25, -0.2) is 4.98 Å². The summed E-state index contributed by atoms with van der Waals surface area (Å²) in [6.07, 6.45) is 5.86. The number of hydrogen-bond acceptors (Lipinski definition) is 5. The lowest BCUT2D eigenvalue weighted by Gasteiger charge is -2.25. The standard InChI is InChI=1S/C21H21N5O/c22-21-26-18-7-6-16(25-12-19-23-8-9-24-19)11-17(18)20(27-21)15-3-1-2-14(10-15)13-4-5-13/h1-3,6-11,13,20,25H,4-5,12H2,(H2,22,26)(H,23,24). The number of ether oxygens (including phenoxy) is 1. The Balaban J connectivity index is 1.46. The highest BCUT2D eigenvalue weighted by Gasteiger charge is 2.28. The van der Waals surface area contributed by atoms with Gasteiger partial charge in [-0.3, -0.25) is 0 Å². The van der Waals surface area contributed by atoms with Crippen molar-refractivity contribution in [2.75, 3.05) is 5.32 Å². The highest BCUT2D eigenvalue weighted by molar-refractivity contribution is 5.80. The summed E-state index contributed by atoms with van der Waals surface area (Å²) in [6, 6.07) is 14.9. The number of hydrogen-bond donors (Lipinski definition) is 3. The molecule has 2 aromatic carbocycles. The molecule has 2 aliphatic rings. The molecule has 0 radical (unpaired) electrons. The van der Waals surface area contributed by atoms with Crippen molar-refractivity contribution in [1.29, 1.82) is 0 Å². The van der Waals surface area contributed by atoms with Gasteiger partial charge in [0.05, 0.1) is 12.2 Å². The molecule has 1 aromatic heterocycles. The number of nitrogens with one attached hydrogen (secondary N) is 2. The first-order valence-electron chi connectivity index (χ1n) is 9.23. The molecular weight excluding hydrogens is 338 g/mol. The highest BCUT2D eigenvalue weighted by atomic mass is 16.5. The van der Waals surface area contributed by atoms with Gasteiger partial charge in [0.25, 0.3) is 6.02 Å². The lowest BCUT2D eigenvalue weighted by atomic mass is 9.96. The molecule has 1 aliphatic heterocycles. The number of nitrogens with two attached hydrogens (primary N) is 1. The summed E-state index contributed by atoms with van der Waals surface area (Å²) in [5.74, 6) is 1.58. The average molecular weight is 359 g/mol. The first-order chi connectivity index (χ1) is 13.3. The van der Waals surface area contributed by atoms with Gasteiger partial charge >= 0.3 is 0 Å². The average Bonchev–Trinajstić information content (AvgIpc) is 3.42. The Morgan fingerprint density at radius 2 is 2.04 bits per heavy atom. The predicted molar refractivity (Wildman–Crippen MR) is 105 cm³/mol. The molecule has 0 amide bonds. The zero-order valence-electron chi connectivity index (χ0n) is 14.9. The van der Waals surface area contributed by atoms with E-state index in [-0.39, 0.29) is 12.1 Å². The summed E-state index contributed by atoms with van der Waals surface area (Å²) in [5, 5.41) is 3.39. The van der Waals surface area contributed by atoms with Crippen LogP contribution >= 0.6 is 0 Å². The summed E-state index contributed by atoms with van der Waals surface area (Å²) < 4.78 is 5.94. The second-order valence-corrected chi connectivity index (χ2v) is 7.06. The van der Waals surface area contributed by atoms with E-state index in [0.717, 1.165) is 28.3 Å². The summed E-state index contributed by atoms with van der Waals surface area (Å²) in [4.78, 5) is 11.7. The second-order valence-electron chi connectivity index (χ2n) is 7.06. The van der Waals surface area contributed by atoms with E-state index in [1.165, 1.54) is 18.4 Å². The first-order valence-corrected chi connectivity index (χ1v) is 9.23. The quantitative estimate of drug-likeness (QED) is 0.643. The van der Waals surface area contributed by atoms with Crippen LogP contribution in [0.2, 0.25) is 0 Å². The lowest BCUT2D eigenvalue weighted by molar-refractivity contribution is 0.224. The number of imidazole rings is 1. The Labute approximate surface area is 157 Å².